The molecule has 0 aromatic heterocycles. The van der Waals surface area contributed by atoms with Crippen LogP contribution in [0, 0.1) is 12.8 Å². The second kappa shape index (κ2) is 5.53. The molecule has 1 aromatic rings. The highest BCUT2D eigenvalue weighted by Gasteiger charge is 2.29. The third kappa shape index (κ3) is 2.56. The number of nitrogens with one attached hydrogen (secondary N) is 2. The predicted octanol–water partition coefficient (Wildman–Crippen LogP) is 2.49. The van der Waals surface area contributed by atoms with Gasteiger partial charge in [0, 0.05) is 11.7 Å². The maximum Gasteiger partial charge on any atom is 0.229 e. The van der Waals surface area contributed by atoms with Crippen LogP contribution in [0.15, 0.2) is 18.2 Å². The third-order valence-corrected chi connectivity index (χ3v) is 3.85. The number of rotatable bonds is 3. The molecule has 2 atom stereocenters. The molecule has 0 radical (unpaired) electrons. The van der Waals surface area contributed by atoms with Crippen molar-refractivity contribution in [3.8, 4) is 0 Å². The highest BCUT2D eigenvalue weighted by Crippen LogP contribution is 2.24. The maximum atomic E-state index is 12.3. The summed E-state index contributed by atoms with van der Waals surface area (Å²) in [4.78, 5) is 12.3. The lowest BCUT2D eigenvalue weighted by atomic mass is 9.99. The first-order valence-corrected chi connectivity index (χ1v) is 6.76. The Morgan fingerprint density at radius 3 is 2.89 bits per heavy atom. The van der Waals surface area contributed by atoms with E-state index in [4.69, 9.17) is 0 Å². The molecule has 2 rings (SSSR count). The quantitative estimate of drug-likeness (QED) is 0.860. The van der Waals surface area contributed by atoms with Gasteiger partial charge in [-0.3, -0.25) is 4.79 Å². The van der Waals surface area contributed by atoms with E-state index in [0.717, 1.165) is 30.6 Å². The van der Waals surface area contributed by atoms with Crippen LogP contribution < -0.4 is 10.6 Å². The molecule has 1 saturated heterocycles. The van der Waals surface area contributed by atoms with Gasteiger partial charge < -0.3 is 10.6 Å². The van der Waals surface area contributed by atoms with Gasteiger partial charge in [-0.1, -0.05) is 25.1 Å². The topological polar surface area (TPSA) is 41.1 Å². The zero-order chi connectivity index (χ0) is 13.1. The van der Waals surface area contributed by atoms with Crippen molar-refractivity contribution in [3.05, 3.63) is 29.3 Å². The van der Waals surface area contributed by atoms with Crippen LogP contribution in [-0.2, 0) is 11.2 Å². The van der Waals surface area contributed by atoms with E-state index in [2.05, 4.69) is 30.5 Å². The summed E-state index contributed by atoms with van der Waals surface area (Å²) in [6.07, 6.45) is 1.87. The van der Waals surface area contributed by atoms with E-state index in [1.54, 1.807) is 0 Å². The molecule has 1 aliphatic heterocycles. The smallest absolute Gasteiger partial charge is 0.229 e. The second-order valence-electron chi connectivity index (χ2n) is 5.09. The van der Waals surface area contributed by atoms with E-state index in [1.807, 2.05) is 19.1 Å². The van der Waals surface area contributed by atoms with Crippen molar-refractivity contribution in [2.75, 3.05) is 11.9 Å². The SMILES string of the molecule is CCc1cccc(C)c1NC(=O)C1CCNC1C. The number of amides is 1. The van der Waals surface area contributed by atoms with Crippen molar-refractivity contribution < 1.29 is 4.79 Å². The van der Waals surface area contributed by atoms with Crippen LogP contribution in [0.4, 0.5) is 5.69 Å². The molecule has 2 unspecified atom stereocenters. The summed E-state index contributed by atoms with van der Waals surface area (Å²) in [5.74, 6) is 0.241. The Bertz CT molecular complexity index is 442. The lowest BCUT2D eigenvalue weighted by molar-refractivity contribution is -0.120. The summed E-state index contributed by atoms with van der Waals surface area (Å²) in [7, 11) is 0. The van der Waals surface area contributed by atoms with Gasteiger partial charge in [-0.05, 0) is 44.4 Å². The Labute approximate surface area is 109 Å². The molecular weight excluding hydrogens is 224 g/mol. The minimum atomic E-state index is 0.0920. The van der Waals surface area contributed by atoms with Crippen LogP contribution in [0.2, 0.25) is 0 Å². The fourth-order valence-electron chi connectivity index (χ4n) is 2.63. The fraction of sp³-hybridized carbons (Fsp3) is 0.533. The largest absolute Gasteiger partial charge is 0.325 e. The minimum Gasteiger partial charge on any atom is -0.325 e. The molecular formula is C15H22N2O. The van der Waals surface area contributed by atoms with Crippen LogP contribution >= 0.6 is 0 Å². The van der Waals surface area contributed by atoms with E-state index in [9.17, 15) is 4.79 Å². The van der Waals surface area contributed by atoms with E-state index < -0.39 is 0 Å². The van der Waals surface area contributed by atoms with Crippen LogP contribution in [0.3, 0.4) is 0 Å². The number of anilines is 1. The maximum absolute atomic E-state index is 12.3. The van der Waals surface area contributed by atoms with Gasteiger partial charge in [0.05, 0.1) is 5.92 Å². The average Bonchev–Trinajstić information content (AvgIpc) is 2.78. The summed E-state index contributed by atoms with van der Waals surface area (Å²) < 4.78 is 0. The Morgan fingerprint density at radius 1 is 1.50 bits per heavy atom. The van der Waals surface area contributed by atoms with Crippen LogP contribution in [0.25, 0.3) is 0 Å². The van der Waals surface area contributed by atoms with Crippen molar-refractivity contribution in [2.45, 2.75) is 39.7 Å². The molecule has 2 N–H and O–H groups in total. The lowest BCUT2D eigenvalue weighted by Gasteiger charge is -2.18. The molecule has 98 valence electrons. The predicted molar refractivity (Wildman–Crippen MR) is 74.8 cm³/mol. The number of hydrogen-bond acceptors (Lipinski definition) is 2. The third-order valence-electron chi connectivity index (χ3n) is 3.85. The Hall–Kier alpha value is -1.35. The molecule has 0 saturated carbocycles. The fourth-order valence-corrected chi connectivity index (χ4v) is 2.63. The molecule has 1 aliphatic rings. The van der Waals surface area contributed by atoms with Gasteiger partial charge in [0.15, 0.2) is 0 Å². The summed E-state index contributed by atoms with van der Waals surface area (Å²) in [5.41, 5.74) is 3.35. The number of aryl methyl sites for hydroxylation is 2. The van der Waals surface area contributed by atoms with Gasteiger partial charge >= 0.3 is 0 Å². The zero-order valence-corrected chi connectivity index (χ0v) is 11.4. The molecule has 3 heteroatoms. The molecule has 1 heterocycles. The molecule has 0 bridgehead atoms. The first-order valence-electron chi connectivity index (χ1n) is 6.76. The monoisotopic (exact) mass is 246 g/mol. The van der Waals surface area contributed by atoms with Crippen molar-refractivity contribution in [1.29, 1.82) is 0 Å². The molecule has 1 fully saturated rings. The van der Waals surface area contributed by atoms with Gasteiger partial charge in [-0.25, -0.2) is 0 Å². The molecule has 0 aliphatic carbocycles. The summed E-state index contributed by atoms with van der Waals surface area (Å²) >= 11 is 0. The van der Waals surface area contributed by atoms with Gasteiger partial charge in [-0.2, -0.15) is 0 Å². The van der Waals surface area contributed by atoms with Gasteiger partial charge in [-0.15, -0.1) is 0 Å². The molecule has 0 spiro atoms. The summed E-state index contributed by atoms with van der Waals surface area (Å²) in [6, 6.07) is 6.45. The molecule has 1 amide bonds. The van der Waals surface area contributed by atoms with E-state index in [1.165, 1.54) is 5.56 Å². The Morgan fingerprint density at radius 2 is 2.28 bits per heavy atom. The first-order chi connectivity index (χ1) is 8.63. The highest BCUT2D eigenvalue weighted by atomic mass is 16.2. The van der Waals surface area contributed by atoms with Crippen molar-refractivity contribution >= 4 is 11.6 Å². The summed E-state index contributed by atoms with van der Waals surface area (Å²) in [5, 5.41) is 6.44. The number of para-hydroxylation sites is 1. The second-order valence-corrected chi connectivity index (χ2v) is 5.09. The molecule has 3 nitrogen and oxygen atoms in total. The summed E-state index contributed by atoms with van der Waals surface area (Å²) in [6.45, 7) is 7.18. The molecule has 1 aromatic carbocycles. The van der Waals surface area contributed by atoms with Crippen LogP contribution in [0.5, 0.6) is 0 Å². The van der Waals surface area contributed by atoms with Crippen LogP contribution in [0.1, 0.15) is 31.4 Å². The Kier molecular flexibility index (Phi) is 4.02. The van der Waals surface area contributed by atoms with Crippen LogP contribution in [-0.4, -0.2) is 18.5 Å². The van der Waals surface area contributed by atoms with Gasteiger partial charge in [0.1, 0.15) is 0 Å². The highest BCUT2D eigenvalue weighted by molar-refractivity contribution is 5.94. The standard InChI is InChI=1S/C15H22N2O/c1-4-12-7-5-6-10(2)14(12)17-15(18)13-8-9-16-11(13)3/h5-7,11,13,16H,4,8-9H2,1-3H3,(H,17,18). The van der Waals surface area contributed by atoms with E-state index in [0.29, 0.717) is 0 Å². The van der Waals surface area contributed by atoms with Crippen molar-refractivity contribution in [1.82, 2.24) is 5.32 Å². The van der Waals surface area contributed by atoms with E-state index in [-0.39, 0.29) is 17.9 Å². The number of carbonyl (C=O) groups excluding carboxylic acids is 1. The number of carbonyl (C=O) groups is 1. The average molecular weight is 246 g/mol. The zero-order valence-electron chi connectivity index (χ0n) is 11.4. The number of benzene rings is 1. The minimum absolute atomic E-state index is 0.0920. The van der Waals surface area contributed by atoms with Gasteiger partial charge in [0.2, 0.25) is 5.91 Å². The van der Waals surface area contributed by atoms with Gasteiger partial charge in [0.25, 0.3) is 0 Å². The van der Waals surface area contributed by atoms with E-state index >= 15 is 0 Å². The number of hydrogen-bond donors (Lipinski definition) is 2. The Balaban J connectivity index is 2.16. The lowest BCUT2D eigenvalue weighted by Crippen LogP contribution is -2.32. The van der Waals surface area contributed by atoms with Crippen molar-refractivity contribution in [2.24, 2.45) is 5.92 Å². The molecule has 18 heavy (non-hydrogen) atoms. The first kappa shape index (κ1) is 13.1. The normalized spacial score (nSPS) is 23.1. The van der Waals surface area contributed by atoms with Crippen molar-refractivity contribution in [3.63, 3.8) is 0 Å².